The second-order valence-corrected chi connectivity index (χ2v) is 6.55. The van der Waals surface area contributed by atoms with Crippen LogP contribution in [0.4, 0.5) is 0 Å². The van der Waals surface area contributed by atoms with E-state index >= 15 is 0 Å². The molecule has 0 spiro atoms. The van der Waals surface area contributed by atoms with Crippen molar-refractivity contribution >= 4 is 11.3 Å². The molecular weight excluding hydrogens is 290 g/mol. The monoisotopic (exact) mass is 309 g/mol. The van der Waals surface area contributed by atoms with Crippen LogP contribution in [0.25, 0.3) is 11.3 Å². The Morgan fingerprint density at radius 3 is 2.41 bits per heavy atom. The molecule has 3 heteroatoms. The molecule has 0 bridgehead atoms. The molecular formula is C19H19NOS. The fourth-order valence-electron chi connectivity index (χ4n) is 2.38. The average molecular weight is 309 g/mol. The third kappa shape index (κ3) is 3.11. The molecule has 2 aromatic carbocycles. The van der Waals surface area contributed by atoms with Crippen LogP contribution in [0, 0.1) is 0 Å². The Balaban J connectivity index is 1.89. The van der Waals surface area contributed by atoms with Crippen molar-refractivity contribution in [2.75, 3.05) is 0 Å². The highest BCUT2D eigenvalue weighted by Gasteiger charge is 2.15. The summed E-state index contributed by atoms with van der Waals surface area (Å²) in [5, 5.41) is 13.2. The van der Waals surface area contributed by atoms with Crippen LogP contribution in [0.5, 0.6) is 0 Å². The Labute approximate surface area is 135 Å². The topological polar surface area (TPSA) is 33.1 Å². The number of aromatic nitrogens is 1. The maximum Gasteiger partial charge on any atom is 0.131 e. The van der Waals surface area contributed by atoms with Crippen molar-refractivity contribution in [2.24, 2.45) is 0 Å². The molecule has 3 rings (SSSR count). The zero-order valence-electron chi connectivity index (χ0n) is 12.7. The quantitative estimate of drug-likeness (QED) is 0.734. The molecule has 1 atom stereocenters. The maximum absolute atomic E-state index is 10.4. The summed E-state index contributed by atoms with van der Waals surface area (Å²) < 4.78 is 0. The van der Waals surface area contributed by atoms with E-state index in [-0.39, 0.29) is 0 Å². The number of hydrogen-bond acceptors (Lipinski definition) is 3. The van der Waals surface area contributed by atoms with Crippen molar-refractivity contribution in [1.82, 2.24) is 4.98 Å². The summed E-state index contributed by atoms with van der Waals surface area (Å²) in [5.74, 6) is 0.493. The van der Waals surface area contributed by atoms with Crippen molar-refractivity contribution in [1.29, 1.82) is 0 Å². The molecule has 0 amide bonds. The van der Waals surface area contributed by atoms with Gasteiger partial charge in [0.05, 0.1) is 5.69 Å². The molecule has 0 fully saturated rings. The fourth-order valence-corrected chi connectivity index (χ4v) is 3.22. The largest absolute Gasteiger partial charge is 0.381 e. The first kappa shape index (κ1) is 14.9. The molecule has 0 aliphatic carbocycles. The smallest absolute Gasteiger partial charge is 0.131 e. The number of rotatable bonds is 4. The molecule has 0 aliphatic heterocycles. The van der Waals surface area contributed by atoms with E-state index in [2.05, 4.69) is 43.1 Å². The van der Waals surface area contributed by atoms with Crippen LogP contribution in [0.1, 0.15) is 42.0 Å². The van der Waals surface area contributed by atoms with E-state index in [1.807, 2.05) is 35.7 Å². The van der Waals surface area contributed by atoms with Gasteiger partial charge in [0.2, 0.25) is 0 Å². The van der Waals surface area contributed by atoms with Crippen LogP contribution < -0.4 is 0 Å². The Bertz CT molecular complexity index is 749. The van der Waals surface area contributed by atoms with E-state index < -0.39 is 6.10 Å². The third-order valence-corrected chi connectivity index (χ3v) is 4.62. The van der Waals surface area contributed by atoms with Crippen LogP contribution >= 0.6 is 11.3 Å². The lowest BCUT2D eigenvalue weighted by atomic mass is 10.00. The molecule has 1 N–H and O–H groups in total. The van der Waals surface area contributed by atoms with Crippen LogP contribution in [-0.2, 0) is 0 Å². The number of aliphatic hydroxyl groups is 1. The summed E-state index contributed by atoms with van der Waals surface area (Å²) in [6.45, 7) is 4.37. The average Bonchev–Trinajstić information content (AvgIpc) is 3.05. The highest BCUT2D eigenvalue weighted by atomic mass is 32.1. The highest BCUT2D eigenvalue weighted by Crippen LogP contribution is 2.30. The van der Waals surface area contributed by atoms with Gasteiger partial charge in [-0.1, -0.05) is 62.4 Å². The van der Waals surface area contributed by atoms with Gasteiger partial charge in [-0.3, -0.25) is 0 Å². The van der Waals surface area contributed by atoms with E-state index in [9.17, 15) is 5.11 Å². The molecule has 3 aromatic rings. The second-order valence-electron chi connectivity index (χ2n) is 5.66. The van der Waals surface area contributed by atoms with Gasteiger partial charge in [0.1, 0.15) is 11.1 Å². The molecule has 112 valence electrons. The van der Waals surface area contributed by atoms with Gasteiger partial charge in [-0.05, 0) is 23.1 Å². The maximum atomic E-state index is 10.4. The zero-order valence-corrected chi connectivity index (χ0v) is 13.5. The van der Waals surface area contributed by atoms with Crippen molar-refractivity contribution in [3.05, 3.63) is 76.1 Å². The summed E-state index contributed by atoms with van der Waals surface area (Å²) in [6.07, 6.45) is -0.659. The van der Waals surface area contributed by atoms with Gasteiger partial charge in [-0.25, -0.2) is 4.98 Å². The first-order valence-corrected chi connectivity index (χ1v) is 8.32. The second kappa shape index (κ2) is 6.42. The highest BCUT2D eigenvalue weighted by molar-refractivity contribution is 7.10. The van der Waals surface area contributed by atoms with Crippen LogP contribution in [-0.4, -0.2) is 10.1 Å². The summed E-state index contributed by atoms with van der Waals surface area (Å²) in [7, 11) is 0. The Kier molecular flexibility index (Phi) is 4.36. The third-order valence-electron chi connectivity index (χ3n) is 3.72. The SMILES string of the molecule is CC(C)c1cccc(-c2csc(C(O)c3ccccc3)n2)c1. The summed E-state index contributed by atoms with van der Waals surface area (Å²) >= 11 is 1.50. The minimum Gasteiger partial charge on any atom is -0.381 e. The van der Waals surface area contributed by atoms with Gasteiger partial charge in [0.25, 0.3) is 0 Å². The summed E-state index contributed by atoms with van der Waals surface area (Å²) in [5.41, 5.74) is 4.21. The fraction of sp³-hybridized carbons (Fsp3) is 0.211. The molecule has 2 nitrogen and oxygen atoms in total. The minimum absolute atomic E-state index is 0.493. The van der Waals surface area contributed by atoms with Crippen molar-refractivity contribution in [3.63, 3.8) is 0 Å². The Morgan fingerprint density at radius 1 is 0.955 bits per heavy atom. The molecule has 0 aliphatic rings. The first-order valence-electron chi connectivity index (χ1n) is 7.44. The number of thiazole rings is 1. The summed E-state index contributed by atoms with van der Waals surface area (Å²) in [6, 6.07) is 18.1. The lowest BCUT2D eigenvalue weighted by molar-refractivity contribution is 0.220. The van der Waals surface area contributed by atoms with Crippen molar-refractivity contribution < 1.29 is 5.11 Å². The van der Waals surface area contributed by atoms with Crippen LogP contribution in [0.15, 0.2) is 60.0 Å². The lowest BCUT2D eigenvalue weighted by Gasteiger charge is -2.08. The zero-order chi connectivity index (χ0) is 15.5. The van der Waals surface area contributed by atoms with Gasteiger partial charge in [0.15, 0.2) is 0 Å². The number of hydrogen-bond donors (Lipinski definition) is 1. The molecule has 1 unspecified atom stereocenters. The lowest BCUT2D eigenvalue weighted by Crippen LogP contribution is -1.98. The molecule has 1 aromatic heterocycles. The number of nitrogens with zero attached hydrogens (tertiary/aromatic N) is 1. The molecule has 1 heterocycles. The minimum atomic E-state index is -0.659. The van der Waals surface area contributed by atoms with Gasteiger partial charge in [-0.15, -0.1) is 11.3 Å². The van der Waals surface area contributed by atoms with E-state index in [1.165, 1.54) is 16.9 Å². The van der Waals surface area contributed by atoms with Gasteiger partial charge < -0.3 is 5.11 Å². The van der Waals surface area contributed by atoms with Crippen molar-refractivity contribution in [3.8, 4) is 11.3 Å². The molecule has 0 saturated carbocycles. The van der Waals surface area contributed by atoms with Crippen molar-refractivity contribution in [2.45, 2.75) is 25.9 Å². The predicted molar refractivity (Wildman–Crippen MR) is 92.1 cm³/mol. The van der Waals surface area contributed by atoms with E-state index in [1.54, 1.807) is 0 Å². The van der Waals surface area contributed by atoms with E-state index in [0.717, 1.165) is 21.8 Å². The van der Waals surface area contributed by atoms with Gasteiger partial charge >= 0.3 is 0 Å². The first-order chi connectivity index (χ1) is 10.6. The predicted octanol–water partition coefficient (Wildman–Crippen LogP) is 5.02. The normalized spacial score (nSPS) is 12.5. The number of benzene rings is 2. The summed E-state index contributed by atoms with van der Waals surface area (Å²) in [4.78, 5) is 4.63. The van der Waals surface area contributed by atoms with E-state index in [4.69, 9.17) is 0 Å². The van der Waals surface area contributed by atoms with Gasteiger partial charge in [-0.2, -0.15) is 0 Å². The van der Waals surface area contributed by atoms with E-state index in [0.29, 0.717) is 5.92 Å². The Morgan fingerprint density at radius 2 is 1.68 bits per heavy atom. The van der Waals surface area contributed by atoms with Crippen LogP contribution in [0.2, 0.25) is 0 Å². The molecule has 0 saturated heterocycles. The Hall–Kier alpha value is -1.97. The molecule has 0 radical (unpaired) electrons. The standard InChI is InChI=1S/C19H19NOS/c1-13(2)15-9-6-10-16(11-15)17-12-22-19(20-17)18(21)14-7-4-3-5-8-14/h3-13,18,21H,1-2H3. The number of aliphatic hydroxyl groups excluding tert-OH is 1. The molecule has 22 heavy (non-hydrogen) atoms. The van der Waals surface area contributed by atoms with Crippen LogP contribution in [0.3, 0.4) is 0 Å². The van der Waals surface area contributed by atoms with Gasteiger partial charge in [0, 0.05) is 10.9 Å².